The molecule has 0 bridgehead atoms. The van der Waals surface area contributed by atoms with Crippen molar-refractivity contribution in [1.82, 2.24) is 4.90 Å². The predicted molar refractivity (Wildman–Crippen MR) is 61.4 cm³/mol. The number of cyclic esters (lactones) is 1. The van der Waals surface area contributed by atoms with E-state index in [1.807, 2.05) is 0 Å². The third kappa shape index (κ3) is 2.25. The number of imide groups is 1. The predicted octanol–water partition coefficient (Wildman–Crippen LogP) is 1.32. The average molecular weight is 255 g/mol. The molecule has 2 N–H and O–H groups in total. The van der Waals surface area contributed by atoms with E-state index in [1.54, 1.807) is 24.3 Å². The minimum Gasteiger partial charge on any atom is -0.431 e. The molecule has 1 heterocycles. The van der Waals surface area contributed by atoms with Crippen LogP contribution in [0.3, 0.4) is 0 Å². The molecule has 0 aliphatic carbocycles. The van der Waals surface area contributed by atoms with Gasteiger partial charge in [0.1, 0.15) is 0 Å². The molecule has 1 aliphatic rings. The molecule has 0 saturated carbocycles. The SMILES string of the molecule is NCCN1C(=O)O[C@@H](c2ccc(Cl)cc2)C1=O. The van der Waals surface area contributed by atoms with E-state index in [4.69, 9.17) is 22.1 Å². The maximum atomic E-state index is 11.9. The van der Waals surface area contributed by atoms with E-state index in [1.165, 1.54) is 0 Å². The van der Waals surface area contributed by atoms with Crippen molar-refractivity contribution in [3.05, 3.63) is 34.9 Å². The van der Waals surface area contributed by atoms with Crippen molar-refractivity contribution >= 4 is 23.6 Å². The van der Waals surface area contributed by atoms with Crippen LogP contribution in [0.4, 0.5) is 4.79 Å². The fraction of sp³-hybridized carbons (Fsp3) is 0.273. The Hall–Kier alpha value is -1.59. The molecule has 0 radical (unpaired) electrons. The van der Waals surface area contributed by atoms with Crippen molar-refractivity contribution < 1.29 is 14.3 Å². The lowest BCUT2D eigenvalue weighted by atomic mass is 10.1. The molecule has 2 amide bonds. The van der Waals surface area contributed by atoms with Crippen molar-refractivity contribution in [1.29, 1.82) is 0 Å². The van der Waals surface area contributed by atoms with Gasteiger partial charge in [-0.05, 0) is 12.1 Å². The summed E-state index contributed by atoms with van der Waals surface area (Å²) in [5.41, 5.74) is 5.92. The van der Waals surface area contributed by atoms with Gasteiger partial charge in [-0.15, -0.1) is 0 Å². The number of nitrogens with zero attached hydrogens (tertiary/aromatic N) is 1. The molecule has 0 aromatic heterocycles. The molecule has 1 fully saturated rings. The van der Waals surface area contributed by atoms with Gasteiger partial charge >= 0.3 is 6.09 Å². The van der Waals surface area contributed by atoms with E-state index in [9.17, 15) is 9.59 Å². The molecule has 1 atom stereocenters. The minimum absolute atomic E-state index is 0.168. The van der Waals surface area contributed by atoms with Gasteiger partial charge in [0.2, 0.25) is 6.10 Å². The van der Waals surface area contributed by atoms with Crippen LogP contribution in [0.1, 0.15) is 11.7 Å². The van der Waals surface area contributed by atoms with Crippen LogP contribution in [0.25, 0.3) is 0 Å². The molecule has 2 rings (SSSR count). The van der Waals surface area contributed by atoms with Crippen LogP contribution < -0.4 is 5.73 Å². The van der Waals surface area contributed by atoms with Crippen molar-refractivity contribution in [2.24, 2.45) is 5.73 Å². The Kier molecular flexibility index (Phi) is 3.31. The van der Waals surface area contributed by atoms with Crippen LogP contribution in [-0.4, -0.2) is 30.0 Å². The number of amides is 2. The summed E-state index contributed by atoms with van der Waals surface area (Å²) in [7, 11) is 0. The molecular formula is C11H11ClN2O3. The summed E-state index contributed by atoms with van der Waals surface area (Å²) in [6.07, 6.45) is -1.54. The second-order valence-corrected chi connectivity index (χ2v) is 4.03. The Morgan fingerprint density at radius 1 is 1.29 bits per heavy atom. The Balaban J connectivity index is 2.21. The summed E-state index contributed by atoms with van der Waals surface area (Å²) in [5.74, 6) is -0.386. The first-order chi connectivity index (χ1) is 8.13. The third-order valence-electron chi connectivity index (χ3n) is 2.45. The number of benzene rings is 1. The highest BCUT2D eigenvalue weighted by Crippen LogP contribution is 2.27. The number of hydrogen-bond acceptors (Lipinski definition) is 4. The highest BCUT2D eigenvalue weighted by atomic mass is 35.5. The van der Waals surface area contributed by atoms with Gasteiger partial charge in [0.25, 0.3) is 5.91 Å². The van der Waals surface area contributed by atoms with Gasteiger partial charge in [-0.1, -0.05) is 23.7 Å². The molecule has 1 aromatic rings. The lowest BCUT2D eigenvalue weighted by Gasteiger charge is -2.09. The Morgan fingerprint density at radius 3 is 2.53 bits per heavy atom. The van der Waals surface area contributed by atoms with Gasteiger partial charge in [-0.2, -0.15) is 0 Å². The largest absolute Gasteiger partial charge is 0.431 e. The minimum atomic E-state index is -0.883. The summed E-state index contributed by atoms with van der Waals surface area (Å²) in [6.45, 7) is 0.385. The molecule has 6 heteroatoms. The zero-order chi connectivity index (χ0) is 12.4. The fourth-order valence-corrected chi connectivity index (χ4v) is 1.75. The number of ether oxygens (including phenoxy) is 1. The molecule has 17 heavy (non-hydrogen) atoms. The summed E-state index contributed by atoms with van der Waals surface area (Å²) in [5, 5.41) is 0.560. The number of carbonyl (C=O) groups is 2. The van der Waals surface area contributed by atoms with E-state index in [-0.39, 0.29) is 19.0 Å². The number of nitrogens with two attached hydrogens (primary N) is 1. The Morgan fingerprint density at radius 2 is 1.94 bits per heavy atom. The second kappa shape index (κ2) is 4.73. The summed E-state index contributed by atoms with van der Waals surface area (Å²) >= 11 is 5.74. The van der Waals surface area contributed by atoms with E-state index >= 15 is 0 Å². The summed E-state index contributed by atoms with van der Waals surface area (Å²) in [6, 6.07) is 6.60. The molecule has 0 spiro atoms. The zero-order valence-electron chi connectivity index (χ0n) is 8.93. The van der Waals surface area contributed by atoms with Gasteiger partial charge in [0.05, 0.1) is 0 Å². The lowest BCUT2D eigenvalue weighted by molar-refractivity contribution is -0.129. The highest BCUT2D eigenvalue weighted by molar-refractivity contribution is 6.30. The van der Waals surface area contributed by atoms with Crippen LogP contribution >= 0.6 is 11.6 Å². The smallest absolute Gasteiger partial charge is 0.417 e. The van der Waals surface area contributed by atoms with E-state index in [0.717, 1.165) is 4.90 Å². The van der Waals surface area contributed by atoms with Crippen LogP contribution in [0.2, 0.25) is 5.02 Å². The first-order valence-corrected chi connectivity index (χ1v) is 5.49. The van der Waals surface area contributed by atoms with Crippen LogP contribution in [-0.2, 0) is 9.53 Å². The maximum absolute atomic E-state index is 11.9. The van der Waals surface area contributed by atoms with Crippen molar-refractivity contribution in [2.75, 3.05) is 13.1 Å². The summed E-state index contributed by atoms with van der Waals surface area (Å²) in [4.78, 5) is 24.3. The molecule has 0 unspecified atom stereocenters. The third-order valence-corrected chi connectivity index (χ3v) is 2.71. The molecule has 90 valence electrons. The number of hydrogen-bond donors (Lipinski definition) is 1. The van der Waals surface area contributed by atoms with Crippen molar-refractivity contribution in [3.8, 4) is 0 Å². The fourth-order valence-electron chi connectivity index (χ4n) is 1.63. The van der Waals surface area contributed by atoms with Gasteiger partial charge < -0.3 is 10.5 Å². The highest BCUT2D eigenvalue weighted by Gasteiger charge is 2.40. The van der Waals surface area contributed by atoms with Gasteiger partial charge in [-0.3, -0.25) is 4.79 Å². The van der Waals surface area contributed by atoms with Crippen molar-refractivity contribution in [2.45, 2.75) is 6.10 Å². The number of rotatable bonds is 3. The average Bonchev–Trinajstić information content (AvgIpc) is 2.59. The molecule has 1 saturated heterocycles. The second-order valence-electron chi connectivity index (χ2n) is 3.59. The standard InChI is InChI=1S/C11H11ClN2O3/c12-8-3-1-7(2-4-8)9-10(15)14(6-5-13)11(16)17-9/h1-4,9H,5-6,13H2/t9-/m0/s1. The van der Waals surface area contributed by atoms with E-state index < -0.39 is 12.2 Å². The van der Waals surface area contributed by atoms with E-state index in [0.29, 0.717) is 10.6 Å². The summed E-state index contributed by atoms with van der Waals surface area (Å²) < 4.78 is 5.00. The Bertz CT molecular complexity index is 447. The van der Waals surface area contributed by atoms with Crippen LogP contribution in [0, 0.1) is 0 Å². The zero-order valence-corrected chi connectivity index (χ0v) is 9.68. The first-order valence-electron chi connectivity index (χ1n) is 5.11. The molecular weight excluding hydrogens is 244 g/mol. The lowest BCUT2D eigenvalue weighted by Crippen LogP contribution is -2.34. The molecule has 5 nitrogen and oxygen atoms in total. The van der Waals surface area contributed by atoms with Gasteiger partial charge in [0.15, 0.2) is 0 Å². The van der Waals surface area contributed by atoms with E-state index in [2.05, 4.69) is 0 Å². The monoisotopic (exact) mass is 254 g/mol. The first kappa shape index (κ1) is 11.9. The molecule has 1 aromatic carbocycles. The number of halogens is 1. The topological polar surface area (TPSA) is 72.6 Å². The van der Waals surface area contributed by atoms with Crippen LogP contribution in [0.5, 0.6) is 0 Å². The van der Waals surface area contributed by atoms with Gasteiger partial charge in [0, 0.05) is 23.7 Å². The number of carbonyl (C=O) groups excluding carboxylic acids is 2. The quantitative estimate of drug-likeness (QED) is 0.883. The van der Waals surface area contributed by atoms with Gasteiger partial charge in [-0.25, -0.2) is 9.69 Å². The van der Waals surface area contributed by atoms with Crippen molar-refractivity contribution in [3.63, 3.8) is 0 Å². The molecule has 1 aliphatic heterocycles. The maximum Gasteiger partial charge on any atom is 0.417 e. The van der Waals surface area contributed by atoms with Crippen LogP contribution in [0.15, 0.2) is 24.3 Å². The normalized spacial score (nSPS) is 19.6. The Labute approximate surface area is 103 Å².